The van der Waals surface area contributed by atoms with Crippen LogP contribution in [0.3, 0.4) is 0 Å². The lowest BCUT2D eigenvalue weighted by Crippen LogP contribution is -2.25. The number of hydrogen-bond acceptors (Lipinski definition) is 1. The van der Waals surface area contributed by atoms with Gasteiger partial charge in [0.25, 0.3) is 6.43 Å². The van der Waals surface area contributed by atoms with Crippen LogP contribution in [0.4, 0.5) is 39.5 Å². The van der Waals surface area contributed by atoms with Crippen LogP contribution in [0.2, 0.25) is 0 Å². The van der Waals surface area contributed by atoms with Gasteiger partial charge in [-0.15, -0.1) is 0 Å². The number of benzene rings is 3. The first-order chi connectivity index (χ1) is 22.4. The minimum atomic E-state index is -4.80. The first kappa shape index (κ1) is 34.9. The van der Waals surface area contributed by atoms with E-state index in [-0.39, 0.29) is 29.2 Å². The Morgan fingerprint density at radius 2 is 1.32 bits per heavy atom. The van der Waals surface area contributed by atoms with Crippen LogP contribution in [0.25, 0.3) is 11.1 Å². The highest BCUT2D eigenvalue weighted by Crippen LogP contribution is 2.45. The van der Waals surface area contributed by atoms with Crippen molar-refractivity contribution in [1.82, 2.24) is 0 Å². The van der Waals surface area contributed by atoms with E-state index in [1.54, 1.807) is 6.07 Å². The molecule has 3 aromatic carbocycles. The van der Waals surface area contributed by atoms with Crippen molar-refractivity contribution in [2.24, 2.45) is 17.8 Å². The molecule has 0 N–H and O–H groups in total. The lowest BCUT2D eigenvalue weighted by molar-refractivity contribution is -0.189. The van der Waals surface area contributed by atoms with E-state index in [9.17, 15) is 35.1 Å². The van der Waals surface area contributed by atoms with Crippen LogP contribution in [0, 0.1) is 46.8 Å². The summed E-state index contributed by atoms with van der Waals surface area (Å²) < 4.78 is 132. The molecular weight excluding hydrogens is 631 g/mol. The average molecular weight is 669 g/mol. The Morgan fingerprint density at radius 1 is 0.745 bits per heavy atom. The minimum absolute atomic E-state index is 0.0602. The maximum atomic E-state index is 15.3. The van der Waals surface area contributed by atoms with Crippen molar-refractivity contribution < 1.29 is 44.3 Å². The van der Waals surface area contributed by atoms with Gasteiger partial charge < -0.3 is 4.74 Å². The van der Waals surface area contributed by atoms with E-state index in [0.29, 0.717) is 18.1 Å². The average Bonchev–Trinajstić information content (AvgIpc) is 3.00. The Hall–Kier alpha value is -3.43. The summed E-state index contributed by atoms with van der Waals surface area (Å²) in [5.74, 6) is -7.04. The van der Waals surface area contributed by atoms with Gasteiger partial charge in [0.15, 0.2) is 0 Å². The summed E-state index contributed by atoms with van der Waals surface area (Å²) in [6, 6.07) is 5.51. The summed E-state index contributed by atoms with van der Waals surface area (Å²) in [6.45, 7) is 2.05. The van der Waals surface area contributed by atoms with Crippen LogP contribution in [-0.2, 0) is 6.11 Å². The number of halogens is 9. The molecule has 3 aromatic rings. The van der Waals surface area contributed by atoms with E-state index < -0.39 is 58.5 Å². The molecule has 0 aliphatic heterocycles. The largest absolute Gasteiger partial charge is 0.432 e. The van der Waals surface area contributed by atoms with Crippen molar-refractivity contribution >= 4 is 0 Å². The molecule has 0 unspecified atom stereocenters. The Labute approximate surface area is 268 Å². The summed E-state index contributed by atoms with van der Waals surface area (Å²) in [6.07, 6.45) is 7.37. The fraction of sp³-hybridized carbons (Fsp3) is 0.459. The molecule has 0 spiro atoms. The number of ether oxygens (including phenoxy) is 1. The number of alkyl halides is 4. The molecular formula is C37H37F9O. The summed E-state index contributed by atoms with van der Waals surface area (Å²) >= 11 is 0. The van der Waals surface area contributed by atoms with E-state index in [1.807, 2.05) is 6.92 Å². The quantitative estimate of drug-likeness (QED) is 0.154. The molecule has 10 heteroatoms. The first-order valence-corrected chi connectivity index (χ1v) is 16.1. The second-order valence-corrected chi connectivity index (χ2v) is 12.8. The highest BCUT2D eigenvalue weighted by molar-refractivity contribution is 5.65. The maximum absolute atomic E-state index is 15.3. The van der Waals surface area contributed by atoms with Crippen LogP contribution in [0.5, 0.6) is 5.75 Å². The van der Waals surface area contributed by atoms with Gasteiger partial charge >= 0.3 is 6.11 Å². The zero-order valence-corrected chi connectivity index (χ0v) is 26.0. The summed E-state index contributed by atoms with van der Waals surface area (Å²) in [7, 11) is 0. The number of allylic oxidation sites excluding steroid dienone is 2. The standard InChI is InChI=1S/C37H37F9O/c1-2-3-4-5-21-6-8-22(9-7-21)23-10-12-24(13-11-23)25-14-15-28(29(38)16-25)26-17-32(41)35(33(42)18-26)37(45,46)47-27-19-30(39)34(36(43)44)31(40)20-27/h2-3,14-24,36H,4-13H2,1H3. The van der Waals surface area contributed by atoms with Crippen molar-refractivity contribution in [3.8, 4) is 16.9 Å². The monoisotopic (exact) mass is 668 g/mol. The van der Waals surface area contributed by atoms with Gasteiger partial charge in [0, 0.05) is 17.7 Å². The molecule has 47 heavy (non-hydrogen) atoms. The van der Waals surface area contributed by atoms with Crippen molar-refractivity contribution in [1.29, 1.82) is 0 Å². The van der Waals surface area contributed by atoms with Crippen LogP contribution in [-0.4, -0.2) is 0 Å². The van der Waals surface area contributed by atoms with E-state index in [2.05, 4.69) is 16.9 Å². The SMILES string of the molecule is CC=CCCC1CCC(C2CCC(c3ccc(-c4cc(F)c(C(F)(F)Oc5cc(F)c(C(F)F)c(F)c5)c(F)c4)c(F)c3)CC2)CC1. The predicted molar refractivity (Wildman–Crippen MR) is 162 cm³/mol. The van der Waals surface area contributed by atoms with Gasteiger partial charge in [-0.3, -0.25) is 0 Å². The molecule has 2 saturated carbocycles. The molecule has 2 fully saturated rings. The van der Waals surface area contributed by atoms with Gasteiger partial charge in [0.2, 0.25) is 0 Å². The van der Waals surface area contributed by atoms with Gasteiger partial charge in [0.1, 0.15) is 40.4 Å². The fourth-order valence-corrected chi connectivity index (χ4v) is 7.42. The van der Waals surface area contributed by atoms with Gasteiger partial charge in [0.05, 0.1) is 5.56 Å². The van der Waals surface area contributed by atoms with Crippen molar-refractivity contribution in [3.63, 3.8) is 0 Å². The molecule has 0 heterocycles. The van der Waals surface area contributed by atoms with E-state index >= 15 is 4.39 Å². The Kier molecular flexibility index (Phi) is 11.0. The summed E-state index contributed by atoms with van der Waals surface area (Å²) in [5.41, 5.74) is -3.32. The van der Waals surface area contributed by atoms with Crippen LogP contribution < -0.4 is 4.74 Å². The van der Waals surface area contributed by atoms with Gasteiger partial charge in [-0.2, -0.15) is 8.78 Å². The van der Waals surface area contributed by atoms with E-state index in [0.717, 1.165) is 49.5 Å². The molecule has 2 aliphatic rings. The molecule has 1 nitrogen and oxygen atoms in total. The van der Waals surface area contributed by atoms with E-state index in [1.165, 1.54) is 44.2 Å². The third-order valence-corrected chi connectivity index (χ3v) is 9.93. The van der Waals surface area contributed by atoms with Crippen LogP contribution >= 0.6 is 0 Å². The third-order valence-electron chi connectivity index (χ3n) is 9.93. The maximum Gasteiger partial charge on any atom is 0.432 e. The number of rotatable bonds is 10. The number of hydrogen-bond donors (Lipinski definition) is 0. The highest BCUT2D eigenvalue weighted by atomic mass is 19.3. The smallest absolute Gasteiger partial charge is 0.429 e. The molecule has 0 amide bonds. The second kappa shape index (κ2) is 14.8. The van der Waals surface area contributed by atoms with Crippen LogP contribution in [0.1, 0.15) is 100 Å². The molecule has 5 rings (SSSR count). The Bertz CT molecular complexity index is 1520. The van der Waals surface area contributed by atoms with Gasteiger partial charge in [-0.05, 0) is 111 Å². The Balaban J connectivity index is 1.23. The molecule has 254 valence electrons. The predicted octanol–water partition coefficient (Wildman–Crippen LogP) is 12.6. The molecule has 0 aromatic heterocycles. The molecule has 2 aliphatic carbocycles. The van der Waals surface area contributed by atoms with Crippen molar-refractivity contribution in [2.45, 2.75) is 89.6 Å². The summed E-state index contributed by atoms with van der Waals surface area (Å²) in [4.78, 5) is 0. The second-order valence-electron chi connectivity index (χ2n) is 12.8. The zero-order valence-electron chi connectivity index (χ0n) is 26.0. The highest BCUT2D eigenvalue weighted by Gasteiger charge is 2.42. The Morgan fingerprint density at radius 3 is 1.85 bits per heavy atom. The molecule has 0 saturated heterocycles. The normalized spacial score (nSPS) is 22.3. The lowest BCUT2D eigenvalue weighted by Gasteiger charge is -2.38. The van der Waals surface area contributed by atoms with E-state index in [4.69, 9.17) is 0 Å². The fourth-order valence-electron chi connectivity index (χ4n) is 7.42. The van der Waals surface area contributed by atoms with Crippen LogP contribution in [0.15, 0.2) is 54.6 Å². The van der Waals surface area contributed by atoms with Crippen molar-refractivity contribution in [3.05, 3.63) is 100 Å². The van der Waals surface area contributed by atoms with Gasteiger partial charge in [-0.25, -0.2) is 30.7 Å². The molecule has 0 bridgehead atoms. The summed E-state index contributed by atoms with van der Waals surface area (Å²) in [5, 5.41) is 0. The van der Waals surface area contributed by atoms with Gasteiger partial charge in [-0.1, -0.05) is 37.1 Å². The first-order valence-electron chi connectivity index (χ1n) is 16.1. The third kappa shape index (κ3) is 8.00. The lowest BCUT2D eigenvalue weighted by atomic mass is 9.68. The molecule has 0 radical (unpaired) electrons. The topological polar surface area (TPSA) is 9.23 Å². The minimum Gasteiger partial charge on any atom is -0.429 e. The van der Waals surface area contributed by atoms with Crippen molar-refractivity contribution in [2.75, 3.05) is 0 Å². The zero-order chi connectivity index (χ0) is 33.9. The molecule has 0 atom stereocenters.